The Kier molecular flexibility index (Phi) is 6.10. The van der Waals surface area contributed by atoms with Gasteiger partial charge in [0.25, 0.3) is 0 Å². The van der Waals surface area contributed by atoms with E-state index in [0.29, 0.717) is 6.61 Å². The molecular weight excluding hydrogens is 314 g/mol. The van der Waals surface area contributed by atoms with Crippen LogP contribution in [0.5, 0.6) is 0 Å². The number of hydrogen-bond donors (Lipinski definition) is 0. The summed E-state index contributed by atoms with van der Waals surface area (Å²) >= 11 is 0. The third-order valence-electron chi connectivity index (χ3n) is 4.99. The molecule has 1 aromatic carbocycles. The minimum absolute atomic E-state index is 0.174. The highest BCUT2D eigenvalue weighted by molar-refractivity contribution is 5.85. The SMILES string of the molecule is CCOC(=O)Cn1cc(CCCN2CCN(C)CC2)c2ccccc21. The lowest BCUT2D eigenvalue weighted by Gasteiger charge is -2.32. The molecule has 0 unspecified atom stereocenters. The van der Waals surface area contributed by atoms with Gasteiger partial charge in [-0.2, -0.15) is 0 Å². The number of carbonyl (C=O) groups excluding carboxylic acids is 1. The summed E-state index contributed by atoms with van der Waals surface area (Å²) in [4.78, 5) is 16.8. The van der Waals surface area contributed by atoms with Crippen molar-refractivity contribution in [1.29, 1.82) is 0 Å². The standard InChI is InChI=1S/C20H29N3O2/c1-3-25-20(24)16-23-15-17(18-8-4-5-9-19(18)23)7-6-10-22-13-11-21(2)12-14-22/h4-5,8-9,15H,3,6-7,10-14,16H2,1-2H3. The molecule has 0 amide bonds. The zero-order valence-electron chi connectivity index (χ0n) is 15.4. The van der Waals surface area contributed by atoms with Crippen molar-refractivity contribution in [2.45, 2.75) is 26.3 Å². The van der Waals surface area contributed by atoms with E-state index in [1.54, 1.807) is 0 Å². The number of benzene rings is 1. The number of nitrogens with zero attached hydrogens (tertiary/aromatic N) is 3. The van der Waals surface area contributed by atoms with Crippen LogP contribution in [0.25, 0.3) is 10.9 Å². The largest absolute Gasteiger partial charge is 0.465 e. The summed E-state index contributed by atoms with van der Waals surface area (Å²) in [5.41, 5.74) is 2.44. The van der Waals surface area contributed by atoms with Gasteiger partial charge in [-0.15, -0.1) is 0 Å². The van der Waals surface area contributed by atoms with Gasteiger partial charge in [0.05, 0.1) is 6.61 Å². The van der Waals surface area contributed by atoms with Gasteiger partial charge in [0.2, 0.25) is 0 Å². The highest BCUT2D eigenvalue weighted by atomic mass is 16.5. The molecule has 0 saturated carbocycles. The van der Waals surface area contributed by atoms with Crippen LogP contribution in [0.15, 0.2) is 30.5 Å². The van der Waals surface area contributed by atoms with Gasteiger partial charge in [-0.3, -0.25) is 4.79 Å². The molecule has 0 atom stereocenters. The Morgan fingerprint density at radius 2 is 1.92 bits per heavy atom. The van der Waals surface area contributed by atoms with Crippen molar-refractivity contribution >= 4 is 16.9 Å². The monoisotopic (exact) mass is 343 g/mol. The van der Waals surface area contributed by atoms with E-state index in [0.717, 1.165) is 24.9 Å². The summed E-state index contributed by atoms with van der Waals surface area (Å²) in [5.74, 6) is -0.174. The van der Waals surface area contributed by atoms with Crippen LogP contribution in [-0.4, -0.2) is 66.7 Å². The van der Waals surface area contributed by atoms with Gasteiger partial charge in [-0.05, 0) is 45.0 Å². The lowest BCUT2D eigenvalue weighted by atomic mass is 10.1. The number of carbonyl (C=O) groups is 1. The first-order valence-corrected chi connectivity index (χ1v) is 9.30. The molecular formula is C20H29N3O2. The molecule has 1 saturated heterocycles. The number of likely N-dealkylation sites (N-methyl/N-ethyl adjacent to an activating group) is 1. The Morgan fingerprint density at radius 3 is 2.68 bits per heavy atom. The first-order valence-electron chi connectivity index (χ1n) is 9.30. The highest BCUT2D eigenvalue weighted by Gasteiger charge is 2.14. The van der Waals surface area contributed by atoms with Crippen molar-refractivity contribution in [2.24, 2.45) is 0 Å². The second-order valence-electron chi connectivity index (χ2n) is 6.85. The third kappa shape index (κ3) is 4.61. The van der Waals surface area contributed by atoms with Crippen molar-refractivity contribution in [3.05, 3.63) is 36.0 Å². The average molecular weight is 343 g/mol. The zero-order valence-corrected chi connectivity index (χ0v) is 15.4. The number of para-hydroxylation sites is 1. The van der Waals surface area contributed by atoms with Gasteiger partial charge in [-0.1, -0.05) is 18.2 Å². The highest BCUT2D eigenvalue weighted by Crippen LogP contribution is 2.23. The maximum atomic E-state index is 11.9. The molecule has 25 heavy (non-hydrogen) atoms. The summed E-state index contributed by atoms with van der Waals surface area (Å²) < 4.78 is 7.13. The predicted octanol–water partition coefficient (Wildman–Crippen LogP) is 2.38. The summed E-state index contributed by atoms with van der Waals surface area (Å²) in [6.07, 6.45) is 4.32. The summed E-state index contributed by atoms with van der Waals surface area (Å²) in [6, 6.07) is 8.33. The molecule has 2 aromatic rings. The van der Waals surface area contributed by atoms with Gasteiger partial charge in [0, 0.05) is 43.3 Å². The first kappa shape index (κ1) is 18.0. The number of esters is 1. The minimum Gasteiger partial charge on any atom is -0.465 e. The van der Waals surface area contributed by atoms with E-state index in [-0.39, 0.29) is 12.5 Å². The van der Waals surface area contributed by atoms with Crippen molar-refractivity contribution in [3.8, 4) is 0 Å². The summed E-state index contributed by atoms with van der Waals surface area (Å²) in [6.45, 7) is 8.36. The van der Waals surface area contributed by atoms with Crippen LogP contribution in [0.3, 0.4) is 0 Å². The topological polar surface area (TPSA) is 37.7 Å². The Hall–Kier alpha value is -1.85. The Morgan fingerprint density at radius 1 is 1.16 bits per heavy atom. The van der Waals surface area contributed by atoms with Gasteiger partial charge < -0.3 is 19.1 Å². The molecule has 3 rings (SSSR count). The molecule has 1 fully saturated rings. The number of rotatable bonds is 7. The van der Waals surface area contributed by atoms with Crippen LogP contribution in [0.2, 0.25) is 0 Å². The van der Waals surface area contributed by atoms with Crippen molar-refractivity contribution in [3.63, 3.8) is 0 Å². The van der Waals surface area contributed by atoms with Gasteiger partial charge >= 0.3 is 5.97 Å². The quantitative estimate of drug-likeness (QED) is 0.724. The van der Waals surface area contributed by atoms with Crippen molar-refractivity contribution < 1.29 is 9.53 Å². The van der Waals surface area contributed by atoms with E-state index in [1.165, 1.54) is 37.1 Å². The minimum atomic E-state index is -0.174. The van der Waals surface area contributed by atoms with Crippen LogP contribution in [0.1, 0.15) is 18.9 Å². The normalized spacial score (nSPS) is 16.4. The summed E-state index contributed by atoms with van der Waals surface area (Å²) in [5, 5.41) is 1.25. The lowest BCUT2D eigenvalue weighted by Crippen LogP contribution is -2.44. The molecule has 0 spiro atoms. The maximum absolute atomic E-state index is 11.9. The number of aryl methyl sites for hydroxylation is 1. The van der Waals surface area contributed by atoms with E-state index in [1.807, 2.05) is 17.6 Å². The number of piperazine rings is 1. The molecule has 0 aliphatic carbocycles. The molecule has 0 N–H and O–H groups in total. The Labute approximate surface area is 150 Å². The number of fused-ring (bicyclic) bond motifs is 1. The fourth-order valence-corrected chi connectivity index (χ4v) is 3.56. The zero-order chi connectivity index (χ0) is 17.6. The Balaban J connectivity index is 1.63. The molecule has 2 heterocycles. The van der Waals surface area contributed by atoms with Crippen LogP contribution in [-0.2, 0) is 22.5 Å². The number of aromatic nitrogens is 1. The van der Waals surface area contributed by atoms with Crippen LogP contribution in [0.4, 0.5) is 0 Å². The molecule has 5 nitrogen and oxygen atoms in total. The lowest BCUT2D eigenvalue weighted by molar-refractivity contribution is -0.143. The second-order valence-corrected chi connectivity index (χ2v) is 6.85. The van der Waals surface area contributed by atoms with Crippen molar-refractivity contribution in [2.75, 3.05) is 46.4 Å². The number of ether oxygens (including phenoxy) is 1. The second kappa shape index (κ2) is 8.50. The van der Waals surface area contributed by atoms with Crippen LogP contribution in [0, 0.1) is 0 Å². The fraction of sp³-hybridized carbons (Fsp3) is 0.550. The van der Waals surface area contributed by atoms with Gasteiger partial charge in [-0.25, -0.2) is 0 Å². The molecule has 5 heteroatoms. The number of hydrogen-bond acceptors (Lipinski definition) is 4. The van der Waals surface area contributed by atoms with Crippen LogP contribution >= 0.6 is 0 Å². The Bertz CT molecular complexity index is 702. The molecule has 1 aromatic heterocycles. The van der Waals surface area contributed by atoms with E-state index in [2.05, 4.69) is 41.2 Å². The van der Waals surface area contributed by atoms with Gasteiger partial charge in [0.15, 0.2) is 0 Å². The first-order chi connectivity index (χ1) is 12.2. The van der Waals surface area contributed by atoms with Gasteiger partial charge in [0.1, 0.15) is 6.54 Å². The van der Waals surface area contributed by atoms with Crippen LogP contribution < -0.4 is 0 Å². The molecule has 0 bridgehead atoms. The fourth-order valence-electron chi connectivity index (χ4n) is 3.56. The molecule has 1 aliphatic rings. The summed E-state index contributed by atoms with van der Waals surface area (Å²) in [7, 11) is 2.19. The molecule has 0 radical (unpaired) electrons. The van der Waals surface area contributed by atoms with E-state index in [4.69, 9.17) is 4.74 Å². The smallest absolute Gasteiger partial charge is 0.325 e. The predicted molar refractivity (Wildman–Crippen MR) is 101 cm³/mol. The van der Waals surface area contributed by atoms with E-state index < -0.39 is 0 Å². The average Bonchev–Trinajstić information content (AvgIpc) is 2.95. The van der Waals surface area contributed by atoms with E-state index >= 15 is 0 Å². The van der Waals surface area contributed by atoms with Crippen molar-refractivity contribution in [1.82, 2.24) is 14.4 Å². The third-order valence-corrected chi connectivity index (χ3v) is 4.99. The maximum Gasteiger partial charge on any atom is 0.325 e. The molecule has 1 aliphatic heterocycles. The molecule has 136 valence electrons. The van der Waals surface area contributed by atoms with E-state index in [9.17, 15) is 4.79 Å².